The highest BCUT2D eigenvalue weighted by atomic mass is 16.6. The first-order valence-corrected chi connectivity index (χ1v) is 6.82. The molecule has 1 fully saturated rings. The van der Waals surface area contributed by atoms with Crippen molar-refractivity contribution in [3.8, 4) is 0 Å². The number of hydrogen-bond acceptors (Lipinski definition) is 4. The molecule has 1 heterocycles. The normalized spacial score (nSPS) is 22.6. The fourth-order valence-corrected chi connectivity index (χ4v) is 2.23. The molecule has 0 spiro atoms. The summed E-state index contributed by atoms with van der Waals surface area (Å²) in [5.41, 5.74) is 0.0362. The maximum Gasteiger partial charge on any atom is 0.412 e. The Balaban J connectivity index is 2.08. The first-order valence-electron chi connectivity index (χ1n) is 6.82. The van der Waals surface area contributed by atoms with Crippen molar-refractivity contribution in [3.05, 3.63) is 29.8 Å². The van der Waals surface area contributed by atoms with Crippen LogP contribution in [-0.4, -0.2) is 29.9 Å². The summed E-state index contributed by atoms with van der Waals surface area (Å²) in [5, 5.41) is 16.3. The number of amides is 1. The van der Waals surface area contributed by atoms with E-state index in [4.69, 9.17) is 4.74 Å². The van der Waals surface area contributed by atoms with Gasteiger partial charge in [0.25, 0.3) is 0 Å². The minimum atomic E-state index is -0.856. The van der Waals surface area contributed by atoms with Crippen LogP contribution in [-0.2, 0) is 10.3 Å². The summed E-state index contributed by atoms with van der Waals surface area (Å²) in [6, 6.07) is 7.25. The molecule has 1 atom stereocenters. The number of carbonyl (C=O) groups excluding carboxylic acids is 1. The second-order valence-corrected chi connectivity index (χ2v) is 6.17. The van der Waals surface area contributed by atoms with Crippen LogP contribution in [0.2, 0.25) is 0 Å². The van der Waals surface area contributed by atoms with Gasteiger partial charge in [-0.15, -0.1) is 0 Å². The number of benzene rings is 1. The van der Waals surface area contributed by atoms with Crippen molar-refractivity contribution >= 4 is 11.8 Å². The summed E-state index contributed by atoms with van der Waals surface area (Å²) in [4.78, 5) is 11.7. The molecule has 0 radical (unpaired) electrons. The van der Waals surface area contributed by atoms with Gasteiger partial charge in [-0.05, 0) is 51.4 Å². The van der Waals surface area contributed by atoms with Crippen molar-refractivity contribution < 1.29 is 14.6 Å². The first-order chi connectivity index (χ1) is 9.28. The molecule has 1 aliphatic rings. The summed E-state index contributed by atoms with van der Waals surface area (Å²) in [5.74, 6) is 0. The van der Waals surface area contributed by atoms with Crippen LogP contribution in [0.15, 0.2) is 24.3 Å². The maximum absolute atomic E-state index is 11.7. The Morgan fingerprint density at radius 3 is 2.80 bits per heavy atom. The highest BCUT2D eigenvalue weighted by Crippen LogP contribution is 2.29. The second kappa shape index (κ2) is 5.42. The fraction of sp³-hybridized carbons (Fsp3) is 0.533. The Labute approximate surface area is 119 Å². The van der Waals surface area contributed by atoms with E-state index in [-0.39, 0.29) is 0 Å². The van der Waals surface area contributed by atoms with Crippen LogP contribution in [0.3, 0.4) is 0 Å². The lowest BCUT2D eigenvalue weighted by Gasteiger charge is -2.23. The van der Waals surface area contributed by atoms with Gasteiger partial charge in [0.1, 0.15) is 11.2 Å². The molecule has 0 aliphatic carbocycles. The van der Waals surface area contributed by atoms with Crippen LogP contribution in [0.1, 0.15) is 32.8 Å². The molecule has 0 bridgehead atoms. The van der Waals surface area contributed by atoms with Gasteiger partial charge in [-0.1, -0.05) is 12.1 Å². The Hall–Kier alpha value is -1.59. The molecule has 5 heteroatoms. The molecule has 3 N–H and O–H groups in total. The van der Waals surface area contributed by atoms with Gasteiger partial charge in [0, 0.05) is 12.2 Å². The molecule has 5 nitrogen and oxygen atoms in total. The largest absolute Gasteiger partial charge is 0.444 e. The lowest BCUT2D eigenvalue weighted by atomic mass is 9.93. The average Bonchev–Trinajstić information content (AvgIpc) is 2.75. The van der Waals surface area contributed by atoms with Crippen LogP contribution in [0.25, 0.3) is 0 Å². The van der Waals surface area contributed by atoms with E-state index in [9.17, 15) is 9.90 Å². The number of aliphatic hydroxyl groups is 1. The van der Waals surface area contributed by atoms with Gasteiger partial charge in [0.05, 0.1) is 0 Å². The standard InChI is InChI=1S/C15H22N2O3/c1-14(2,3)20-13(18)17-12-6-4-5-11(9-12)15(19)7-8-16-10-15/h4-6,9,16,19H,7-8,10H2,1-3H3,(H,17,18). The third-order valence-corrected chi connectivity index (χ3v) is 3.18. The minimum Gasteiger partial charge on any atom is -0.444 e. The SMILES string of the molecule is CC(C)(C)OC(=O)Nc1cccc(C2(O)CCNC2)c1. The van der Waals surface area contributed by atoms with Crippen LogP contribution in [0.4, 0.5) is 10.5 Å². The highest BCUT2D eigenvalue weighted by Gasteiger charge is 2.33. The van der Waals surface area contributed by atoms with Crippen LogP contribution in [0.5, 0.6) is 0 Å². The first kappa shape index (κ1) is 14.8. The zero-order valence-corrected chi connectivity index (χ0v) is 12.2. The molecule has 1 aromatic carbocycles. The smallest absolute Gasteiger partial charge is 0.412 e. The Morgan fingerprint density at radius 1 is 1.45 bits per heavy atom. The summed E-state index contributed by atoms with van der Waals surface area (Å²) in [6.45, 7) is 6.77. The molecular weight excluding hydrogens is 256 g/mol. The molecule has 1 aliphatic heterocycles. The zero-order valence-electron chi connectivity index (χ0n) is 12.2. The van der Waals surface area contributed by atoms with E-state index in [0.29, 0.717) is 18.7 Å². The van der Waals surface area contributed by atoms with E-state index in [1.54, 1.807) is 12.1 Å². The summed E-state index contributed by atoms with van der Waals surface area (Å²) < 4.78 is 5.21. The summed E-state index contributed by atoms with van der Waals surface area (Å²) in [6.07, 6.45) is 0.175. The molecule has 0 aromatic heterocycles. The van der Waals surface area contributed by atoms with Crippen molar-refractivity contribution in [1.82, 2.24) is 5.32 Å². The molecule has 1 aromatic rings. The van der Waals surface area contributed by atoms with Crippen LogP contribution in [0, 0.1) is 0 Å². The van der Waals surface area contributed by atoms with E-state index in [0.717, 1.165) is 12.1 Å². The Morgan fingerprint density at radius 2 is 2.20 bits per heavy atom. The average molecular weight is 278 g/mol. The van der Waals surface area contributed by atoms with E-state index >= 15 is 0 Å². The van der Waals surface area contributed by atoms with Crippen LogP contribution >= 0.6 is 0 Å². The topological polar surface area (TPSA) is 70.6 Å². The summed E-state index contributed by atoms with van der Waals surface area (Å²) in [7, 11) is 0. The lowest BCUT2D eigenvalue weighted by Crippen LogP contribution is -2.29. The van der Waals surface area contributed by atoms with Crippen molar-refractivity contribution in [1.29, 1.82) is 0 Å². The molecular formula is C15H22N2O3. The van der Waals surface area contributed by atoms with Gasteiger partial charge in [0.15, 0.2) is 0 Å². The highest BCUT2D eigenvalue weighted by molar-refractivity contribution is 5.85. The fourth-order valence-electron chi connectivity index (χ4n) is 2.23. The van der Waals surface area contributed by atoms with E-state index in [1.807, 2.05) is 32.9 Å². The van der Waals surface area contributed by atoms with Crippen molar-refractivity contribution in [2.45, 2.75) is 38.4 Å². The predicted octanol–water partition coefficient (Wildman–Crippen LogP) is 2.21. The molecule has 20 heavy (non-hydrogen) atoms. The molecule has 2 rings (SSSR count). The number of hydrogen-bond donors (Lipinski definition) is 3. The van der Waals surface area contributed by atoms with Gasteiger partial charge < -0.3 is 15.2 Å². The monoisotopic (exact) mass is 278 g/mol. The third kappa shape index (κ3) is 3.71. The number of nitrogens with one attached hydrogen (secondary N) is 2. The lowest BCUT2D eigenvalue weighted by molar-refractivity contribution is 0.0583. The maximum atomic E-state index is 11.7. The quantitative estimate of drug-likeness (QED) is 0.775. The summed E-state index contributed by atoms with van der Waals surface area (Å²) >= 11 is 0. The molecule has 0 saturated carbocycles. The number of anilines is 1. The third-order valence-electron chi connectivity index (χ3n) is 3.18. The number of rotatable bonds is 2. The number of ether oxygens (including phenoxy) is 1. The van der Waals surface area contributed by atoms with E-state index < -0.39 is 17.3 Å². The van der Waals surface area contributed by atoms with Crippen LogP contribution < -0.4 is 10.6 Å². The van der Waals surface area contributed by atoms with E-state index in [1.165, 1.54) is 0 Å². The minimum absolute atomic E-state index is 0.494. The van der Waals surface area contributed by atoms with Crippen molar-refractivity contribution in [3.63, 3.8) is 0 Å². The second-order valence-electron chi connectivity index (χ2n) is 6.17. The van der Waals surface area contributed by atoms with Crippen molar-refractivity contribution in [2.24, 2.45) is 0 Å². The van der Waals surface area contributed by atoms with Gasteiger partial charge in [-0.2, -0.15) is 0 Å². The number of carbonyl (C=O) groups is 1. The Kier molecular flexibility index (Phi) is 4.01. The Bertz CT molecular complexity index is 488. The molecule has 1 amide bonds. The van der Waals surface area contributed by atoms with Crippen molar-refractivity contribution in [2.75, 3.05) is 18.4 Å². The molecule has 1 saturated heterocycles. The molecule has 110 valence electrons. The van der Waals surface area contributed by atoms with Gasteiger partial charge in [0.2, 0.25) is 0 Å². The zero-order chi connectivity index (χ0) is 14.8. The van der Waals surface area contributed by atoms with E-state index in [2.05, 4.69) is 10.6 Å². The van der Waals surface area contributed by atoms with Gasteiger partial charge >= 0.3 is 6.09 Å². The van der Waals surface area contributed by atoms with Gasteiger partial charge in [-0.25, -0.2) is 4.79 Å². The predicted molar refractivity (Wildman–Crippen MR) is 77.7 cm³/mol. The number of β-amino-alcohol motifs (C(OH)–C–C–N with tert-alkyl or cyclic N) is 1. The van der Waals surface area contributed by atoms with Gasteiger partial charge in [-0.3, -0.25) is 5.32 Å². The molecule has 1 unspecified atom stereocenters.